The first-order chi connectivity index (χ1) is 9.17. The van der Waals surface area contributed by atoms with E-state index < -0.39 is 0 Å². The van der Waals surface area contributed by atoms with Crippen molar-refractivity contribution in [1.82, 2.24) is 10.3 Å². The molecule has 100 valence electrons. The third kappa shape index (κ3) is 2.48. The molecule has 3 nitrogen and oxygen atoms in total. The summed E-state index contributed by atoms with van der Waals surface area (Å²) in [6.45, 7) is 2.10. The minimum atomic E-state index is -0.0230. The lowest BCUT2D eigenvalue weighted by Gasteiger charge is -2.31. The highest BCUT2D eigenvalue weighted by Crippen LogP contribution is 2.42. The fourth-order valence-electron chi connectivity index (χ4n) is 2.43. The van der Waals surface area contributed by atoms with E-state index >= 15 is 0 Å². The molecule has 19 heavy (non-hydrogen) atoms. The van der Waals surface area contributed by atoms with E-state index in [1.54, 1.807) is 6.20 Å². The van der Waals surface area contributed by atoms with E-state index in [1.807, 2.05) is 13.1 Å². The van der Waals surface area contributed by atoms with Crippen LogP contribution in [-0.2, 0) is 0 Å². The molecular weight excluding hydrogens is 280 g/mol. The van der Waals surface area contributed by atoms with Gasteiger partial charge in [0, 0.05) is 18.0 Å². The molecule has 1 aliphatic rings. The van der Waals surface area contributed by atoms with Crippen molar-refractivity contribution in [2.24, 2.45) is 0 Å². The lowest BCUT2D eigenvalue weighted by Crippen LogP contribution is -2.26. The van der Waals surface area contributed by atoms with Crippen molar-refractivity contribution < 1.29 is 4.74 Å². The highest BCUT2D eigenvalue weighted by atomic mass is 35.5. The molecule has 2 aromatic rings. The molecule has 0 saturated heterocycles. The van der Waals surface area contributed by atoms with Gasteiger partial charge in [0.05, 0.1) is 6.20 Å². The summed E-state index contributed by atoms with van der Waals surface area (Å²) >= 11 is 7.44. The zero-order valence-electron chi connectivity index (χ0n) is 10.8. The van der Waals surface area contributed by atoms with Gasteiger partial charge in [-0.05, 0) is 20.0 Å². The topological polar surface area (TPSA) is 34.2 Å². The van der Waals surface area contributed by atoms with Crippen molar-refractivity contribution in [3.05, 3.63) is 44.9 Å². The van der Waals surface area contributed by atoms with Crippen LogP contribution < -0.4 is 10.1 Å². The Morgan fingerprint density at radius 3 is 3.00 bits per heavy atom. The van der Waals surface area contributed by atoms with Crippen LogP contribution in [-0.4, -0.2) is 12.0 Å². The molecule has 2 atom stereocenters. The highest BCUT2D eigenvalue weighted by Gasteiger charge is 2.30. The molecular formula is C14H15ClN2OS. The average molecular weight is 295 g/mol. The van der Waals surface area contributed by atoms with E-state index in [2.05, 4.69) is 29.4 Å². The van der Waals surface area contributed by atoms with E-state index in [0.717, 1.165) is 17.2 Å². The summed E-state index contributed by atoms with van der Waals surface area (Å²) in [5.74, 6) is 0.938. The number of benzene rings is 1. The standard InChI is InChI=1S/C14H15ClN2OS/c1-8-3-4-11-9(5-8)10(16-2)6-12(18-11)14-17-7-13(15)19-14/h3-5,7,10,12,16H,6H2,1-2H3. The Morgan fingerprint density at radius 1 is 1.47 bits per heavy atom. The van der Waals surface area contributed by atoms with Crippen LogP contribution in [0.3, 0.4) is 0 Å². The number of hydrogen-bond acceptors (Lipinski definition) is 4. The van der Waals surface area contributed by atoms with Gasteiger partial charge >= 0.3 is 0 Å². The monoisotopic (exact) mass is 294 g/mol. The maximum Gasteiger partial charge on any atom is 0.152 e. The number of fused-ring (bicyclic) bond motifs is 1. The van der Waals surface area contributed by atoms with Gasteiger partial charge in [-0.3, -0.25) is 0 Å². The predicted molar refractivity (Wildman–Crippen MR) is 78.1 cm³/mol. The fourth-order valence-corrected chi connectivity index (χ4v) is 3.40. The fraction of sp³-hybridized carbons (Fsp3) is 0.357. The van der Waals surface area contributed by atoms with Crippen molar-refractivity contribution in [3.8, 4) is 5.75 Å². The molecule has 5 heteroatoms. The number of thiazole rings is 1. The third-order valence-corrected chi connectivity index (χ3v) is 4.59. The summed E-state index contributed by atoms with van der Waals surface area (Å²) in [7, 11) is 1.98. The average Bonchev–Trinajstić information content (AvgIpc) is 2.84. The first-order valence-corrected chi connectivity index (χ1v) is 7.42. The summed E-state index contributed by atoms with van der Waals surface area (Å²) in [6, 6.07) is 6.58. The maximum atomic E-state index is 6.07. The van der Waals surface area contributed by atoms with Gasteiger partial charge in [-0.2, -0.15) is 0 Å². The molecule has 0 bridgehead atoms. The summed E-state index contributed by atoms with van der Waals surface area (Å²) in [4.78, 5) is 4.33. The first-order valence-electron chi connectivity index (χ1n) is 6.23. The van der Waals surface area contributed by atoms with Crippen molar-refractivity contribution in [2.45, 2.75) is 25.5 Å². The molecule has 1 N–H and O–H groups in total. The maximum absolute atomic E-state index is 6.07. The van der Waals surface area contributed by atoms with E-state index in [1.165, 1.54) is 22.5 Å². The largest absolute Gasteiger partial charge is 0.483 e. The van der Waals surface area contributed by atoms with Gasteiger partial charge in [0.1, 0.15) is 15.1 Å². The summed E-state index contributed by atoms with van der Waals surface area (Å²) in [5.41, 5.74) is 2.47. The SMILES string of the molecule is CNC1CC(c2ncc(Cl)s2)Oc2ccc(C)cc21. The van der Waals surface area contributed by atoms with Crippen LogP contribution >= 0.6 is 22.9 Å². The number of nitrogens with zero attached hydrogens (tertiary/aromatic N) is 1. The third-order valence-electron chi connectivity index (χ3n) is 3.38. The Balaban J connectivity index is 1.95. The summed E-state index contributed by atoms with van der Waals surface area (Å²) < 4.78 is 6.77. The van der Waals surface area contributed by atoms with Crippen LogP contribution in [0.25, 0.3) is 0 Å². The van der Waals surface area contributed by atoms with E-state index in [-0.39, 0.29) is 12.1 Å². The molecule has 1 aliphatic heterocycles. The van der Waals surface area contributed by atoms with Crippen LogP contribution in [0.5, 0.6) is 5.75 Å². The second kappa shape index (κ2) is 5.12. The molecule has 0 aliphatic carbocycles. The van der Waals surface area contributed by atoms with Gasteiger partial charge in [-0.1, -0.05) is 29.3 Å². The minimum absolute atomic E-state index is 0.0230. The van der Waals surface area contributed by atoms with Gasteiger partial charge in [-0.15, -0.1) is 11.3 Å². The number of aryl methyl sites for hydroxylation is 1. The van der Waals surface area contributed by atoms with Gasteiger partial charge in [0.2, 0.25) is 0 Å². The molecule has 0 radical (unpaired) electrons. The van der Waals surface area contributed by atoms with Gasteiger partial charge in [0.15, 0.2) is 6.10 Å². The number of aromatic nitrogens is 1. The van der Waals surface area contributed by atoms with Crippen LogP contribution in [0.1, 0.15) is 34.7 Å². The molecule has 2 heterocycles. The molecule has 0 saturated carbocycles. The van der Waals surface area contributed by atoms with E-state index in [9.17, 15) is 0 Å². The van der Waals surface area contributed by atoms with Crippen molar-refractivity contribution >= 4 is 22.9 Å². The van der Waals surface area contributed by atoms with E-state index in [0.29, 0.717) is 4.34 Å². The zero-order valence-corrected chi connectivity index (χ0v) is 12.4. The summed E-state index contributed by atoms with van der Waals surface area (Å²) in [5, 5.41) is 4.30. The zero-order chi connectivity index (χ0) is 13.4. The smallest absolute Gasteiger partial charge is 0.152 e. The second-order valence-corrected chi connectivity index (χ2v) is 6.42. The Bertz CT molecular complexity index is 599. The summed E-state index contributed by atoms with van der Waals surface area (Å²) in [6.07, 6.45) is 2.53. The number of rotatable bonds is 2. The second-order valence-electron chi connectivity index (χ2n) is 4.73. The van der Waals surface area contributed by atoms with Gasteiger partial charge in [-0.25, -0.2) is 4.98 Å². The number of hydrogen-bond donors (Lipinski definition) is 1. The minimum Gasteiger partial charge on any atom is -0.483 e. The van der Waals surface area contributed by atoms with Crippen molar-refractivity contribution in [3.63, 3.8) is 0 Å². The molecule has 3 rings (SSSR count). The molecule has 1 aromatic carbocycles. The Hall–Kier alpha value is -1.10. The highest BCUT2D eigenvalue weighted by molar-refractivity contribution is 7.15. The van der Waals surface area contributed by atoms with Crippen LogP contribution in [0, 0.1) is 6.92 Å². The number of halogens is 1. The lowest BCUT2D eigenvalue weighted by molar-refractivity contribution is 0.153. The van der Waals surface area contributed by atoms with Gasteiger partial charge in [0.25, 0.3) is 0 Å². The lowest BCUT2D eigenvalue weighted by atomic mass is 9.95. The first kappa shape index (κ1) is 12.9. The normalized spacial score (nSPS) is 21.8. The number of ether oxygens (including phenoxy) is 1. The van der Waals surface area contributed by atoms with Crippen LogP contribution in [0.4, 0.5) is 0 Å². The van der Waals surface area contributed by atoms with Crippen LogP contribution in [0.2, 0.25) is 4.34 Å². The number of nitrogens with one attached hydrogen (secondary N) is 1. The Kier molecular flexibility index (Phi) is 3.48. The van der Waals surface area contributed by atoms with Crippen molar-refractivity contribution in [1.29, 1.82) is 0 Å². The Labute approximate surface area is 121 Å². The molecule has 0 amide bonds. The molecule has 1 aromatic heterocycles. The van der Waals surface area contributed by atoms with Crippen LogP contribution in [0.15, 0.2) is 24.4 Å². The Morgan fingerprint density at radius 2 is 2.32 bits per heavy atom. The van der Waals surface area contributed by atoms with Crippen molar-refractivity contribution in [2.75, 3.05) is 7.05 Å². The molecule has 0 fully saturated rings. The van der Waals surface area contributed by atoms with Gasteiger partial charge < -0.3 is 10.1 Å². The predicted octanol–water partition coefficient (Wildman–Crippen LogP) is 3.89. The quantitative estimate of drug-likeness (QED) is 0.912. The molecule has 2 unspecified atom stereocenters. The molecule has 0 spiro atoms. The van der Waals surface area contributed by atoms with E-state index in [4.69, 9.17) is 16.3 Å².